The molecule has 0 saturated carbocycles. The molecule has 0 aliphatic carbocycles. The van der Waals surface area contributed by atoms with Crippen molar-refractivity contribution in [3.8, 4) is 0 Å². The molecule has 1 aliphatic rings. The van der Waals surface area contributed by atoms with Crippen LogP contribution in [0.4, 0.5) is 9.18 Å². The van der Waals surface area contributed by atoms with E-state index in [2.05, 4.69) is 5.32 Å². The Morgan fingerprint density at radius 2 is 1.89 bits per heavy atom. The molecule has 0 aromatic heterocycles. The lowest BCUT2D eigenvalue weighted by atomic mass is 10.2. The number of carbonyl (C=O) groups excluding carboxylic acids is 1. The minimum atomic E-state index is -0.666. The van der Waals surface area contributed by atoms with Crippen molar-refractivity contribution in [3.05, 3.63) is 33.6 Å². The molecule has 7 heteroatoms. The van der Waals surface area contributed by atoms with Crippen molar-refractivity contribution in [2.24, 2.45) is 0 Å². The Kier molecular flexibility index (Phi) is 4.85. The number of rotatable bonds is 2. The summed E-state index contributed by atoms with van der Waals surface area (Å²) >= 11 is 11.3. The lowest BCUT2D eigenvalue weighted by Crippen LogP contribution is -2.46. The average molecular weight is 307 g/mol. The van der Waals surface area contributed by atoms with E-state index >= 15 is 0 Å². The standard InChI is InChI=1S/C12H13Cl2FN2O2/c13-9-5-8(6-10(14)11(9)15)7-19-12(18)17-3-1-16-2-4-17/h5-6,16H,1-4,7H2. The molecular formula is C12H13Cl2FN2O2. The largest absolute Gasteiger partial charge is 0.445 e. The second kappa shape index (κ2) is 6.41. The van der Waals surface area contributed by atoms with E-state index in [0.717, 1.165) is 13.1 Å². The fourth-order valence-electron chi connectivity index (χ4n) is 1.78. The first kappa shape index (κ1) is 14.4. The molecule has 0 spiro atoms. The van der Waals surface area contributed by atoms with Crippen LogP contribution in [-0.4, -0.2) is 37.2 Å². The van der Waals surface area contributed by atoms with Crippen LogP contribution < -0.4 is 5.32 Å². The van der Waals surface area contributed by atoms with Gasteiger partial charge in [-0.2, -0.15) is 0 Å². The van der Waals surface area contributed by atoms with Crippen LogP contribution in [0.2, 0.25) is 10.0 Å². The van der Waals surface area contributed by atoms with E-state index in [-0.39, 0.29) is 16.7 Å². The molecule has 1 amide bonds. The zero-order valence-corrected chi connectivity index (χ0v) is 11.6. The minimum Gasteiger partial charge on any atom is -0.445 e. The summed E-state index contributed by atoms with van der Waals surface area (Å²) < 4.78 is 18.4. The Balaban J connectivity index is 1.93. The van der Waals surface area contributed by atoms with Gasteiger partial charge in [0.15, 0.2) is 5.82 Å². The van der Waals surface area contributed by atoms with Crippen molar-refractivity contribution in [2.75, 3.05) is 26.2 Å². The molecule has 1 aromatic rings. The van der Waals surface area contributed by atoms with Crippen LogP contribution in [0, 0.1) is 5.82 Å². The van der Waals surface area contributed by atoms with Gasteiger partial charge in [0.25, 0.3) is 0 Å². The third kappa shape index (κ3) is 3.72. The first-order chi connectivity index (χ1) is 9.08. The molecule has 104 valence electrons. The quantitative estimate of drug-likeness (QED) is 0.854. The van der Waals surface area contributed by atoms with E-state index in [4.69, 9.17) is 27.9 Å². The zero-order valence-electron chi connectivity index (χ0n) is 10.1. The third-order valence-corrected chi connectivity index (χ3v) is 3.33. The van der Waals surface area contributed by atoms with Gasteiger partial charge in [-0.15, -0.1) is 0 Å². The Morgan fingerprint density at radius 1 is 1.32 bits per heavy atom. The highest BCUT2D eigenvalue weighted by Gasteiger charge is 2.17. The molecule has 1 aromatic carbocycles. The van der Waals surface area contributed by atoms with Gasteiger partial charge in [0.1, 0.15) is 6.61 Å². The van der Waals surface area contributed by atoms with Crippen molar-refractivity contribution in [1.82, 2.24) is 10.2 Å². The predicted molar refractivity (Wildman–Crippen MR) is 71.0 cm³/mol. The van der Waals surface area contributed by atoms with Gasteiger partial charge in [-0.25, -0.2) is 9.18 Å². The molecule has 19 heavy (non-hydrogen) atoms. The van der Waals surface area contributed by atoms with Crippen LogP contribution in [0.25, 0.3) is 0 Å². The van der Waals surface area contributed by atoms with Crippen molar-refractivity contribution >= 4 is 29.3 Å². The normalized spacial score (nSPS) is 15.4. The lowest BCUT2D eigenvalue weighted by Gasteiger charge is -2.26. The number of hydrogen-bond acceptors (Lipinski definition) is 3. The summed E-state index contributed by atoms with van der Waals surface area (Å²) in [5.74, 6) is -0.666. The maximum Gasteiger partial charge on any atom is 0.410 e. The minimum absolute atomic E-state index is 0.0164. The zero-order chi connectivity index (χ0) is 13.8. The van der Waals surface area contributed by atoms with Crippen LogP contribution in [0.1, 0.15) is 5.56 Å². The molecule has 1 N–H and O–H groups in total. The maximum absolute atomic E-state index is 13.2. The van der Waals surface area contributed by atoms with Gasteiger partial charge >= 0.3 is 6.09 Å². The Bertz CT molecular complexity index is 456. The molecule has 0 atom stereocenters. The molecular weight excluding hydrogens is 294 g/mol. The number of nitrogens with one attached hydrogen (secondary N) is 1. The van der Waals surface area contributed by atoms with Gasteiger partial charge in [0.05, 0.1) is 10.0 Å². The number of benzene rings is 1. The summed E-state index contributed by atoms with van der Waals surface area (Å²) in [4.78, 5) is 13.4. The smallest absolute Gasteiger partial charge is 0.410 e. The predicted octanol–water partition coefficient (Wildman–Crippen LogP) is 2.67. The second-order valence-corrected chi connectivity index (χ2v) is 4.98. The van der Waals surface area contributed by atoms with Crippen molar-refractivity contribution < 1.29 is 13.9 Å². The summed E-state index contributed by atoms with van der Waals surface area (Å²) in [7, 11) is 0. The van der Waals surface area contributed by atoms with E-state index in [1.165, 1.54) is 12.1 Å². The number of carbonyl (C=O) groups is 1. The Hall–Kier alpha value is -1.04. The number of nitrogens with zero attached hydrogens (tertiary/aromatic N) is 1. The first-order valence-corrected chi connectivity index (χ1v) is 6.59. The van der Waals surface area contributed by atoms with E-state index in [1.807, 2.05) is 0 Å². The highest BCUT2D eigenvalue weighted by Crippen LogP contribution is 2.25. The molecule has 1 saturated heterocycles. The molecule has 1 heterocycles. The van der Waals surface area contributed by atoms with Crippen molar-refractivity contribution in [1.29, 1.82) is 0 Å². The van der Waals surface area contributed by atoms with E-state index in [0.29, 0.717) is 18.7 Å². The van der Waals surface area contributed by atoms with Crippen LogP contribution >= 0.6 is 23.2 Å². The van der Waals surface area contributed by atoms with Gasteiger partial charge in [-0.05, 0) is 17.7 Å². The lowest BCUT2D eigenvalue weighted by molar-refractivity contribution is 0.0918. The highest BCUT2D eigenvalue weighted by molar-refractivity contribution is 6.34. The number of piperazine rings is 1. The number of hydrogen-bond donors (Lipinski definition) is 1. The van der Waals surface area contributed by atoms with Gasteiger partial charge in [0, 0.05) is 26.2 Å². The summed E-state index contributed by atoms with van der Waals surface area (Å²) in [6.07, 6.45) is -0.391. The summed E-state index contributed by atoms with van der Waals surface area (Å²) in [6.45, 7) is 2.75. The fourth-order valence-corrected chi connectivity index (χ4v) is 2.31. The molecule has 0 radical (unpaired) electrons. The molecule has 2 rings (SSSR count). The molecule has 4 nitrogen and oxygen atoms in total. The molecule has 0 unspecified atom stereocenters. The third-order valence-electron chi connectivity index (χ3n) is 2.78. The monoisotopic (exact) mass is 306 g/mol. The highest BCUT2D eigenvalue weighted by atomic mass is 35.5. The summed E-state index contributed by atoms with van der Waals surface area (Å²) in [5, 5.41) is 2.97. The van der Waals surface area contributed by atoms with Gasteiger partial charge in [-0.1, -0.05) is 23.2 Å². The van der Waals surface area contributed by atoms with Crippen molar-refractivity contribution in [3.63, 3.8) is 0 Å². The molecule has 0 bridgehead atoms. The van der Waals surface area contributed by atoms with Crippen molar-refractivity contribution in [2.45, 2.75) is 6.61 Å². The van der Waals surface area contributed by atoms with E-state index in [1.54, 1.807) is 4.90 Å². The second-order valence-electron chi connectivity index (χ2n) is 4.17. The summed E-state index contributed by atoms with van der Waals surface area (Å²) in [6, 6.07) is 2.79. The number of amides is 1. The van der Waals surface area contributed by atoms with Crippen LogP contribution in [0.15, 0.2) is 12.1 Å². The van der Waals surface area contributed by atoms with Crippen LogP contribution in [0.3, 0.4) is 0 Å². The fraction of sp³-hybridized carbons (Fsp3) is 0.417. The topological polar surface area (TPSA) is 41.6 Å². The van der Waals surface area contributed by atoms with E-state index in [9.17, 15) is 9.18 Å². The molecule has 1 aliphatic heterocycles. The Labute approximate surface area is 120 Å². The number of ether oxygens (including phenoxy) is 1. The van der Waals surface area contributed by atoms with E-state index < -0.39 is 11.9 Å². The number of halogens is 3. The first-order valence-electron chi connectivity index (χ1n) is 5.84. The van der Waals surface area contributed by atoms with Gasteiger partial charge < -0.3 is 15.0 Å². The maximum atomic E-state index is 13.2. The average Bonchev–Trinajstić information content (AvgIpc) is 2.43. The Morgan fingerprint density at radius 3 is 2.47 bits per heavy atom. The SMILES string of the molecule is O=C(OCc1cc(Cl)c(F)c(Cl)c1)N1CCNCC1. The van der Waals surface area contributed by atoms with Gasteiger partial charge in [0.2, 0.25) is 0 Å². The van der Waals surface area contributed by atoms with Gasteiger partial charge in [-0.3, -0.25) is 0 Å². The summed E-state index contributed by atoms with van der Waals surface area (Å²) in [5.41, 5.74) is 0.555. The van der Waals surface area contributed by atoms with Crippen LogP contribution in [-0.2, 0) is 11.3 Å². The molecule has 1 fully saturated rings. The van der Waals surface area contributed by atoms with Crippen LogP contribution in [0.5, 0.6) is 0 Å².